The fraction of sp³-hybridized carbons (Fsp3) is 0.385. The molecule has 0 spiro atoms. The summed E-state index contributed by atoms with van der Waals surface area (Å²) in [7, 11) is 1.57. The van der Waals surface area contributed by atoms with Crippen LogP contribution in [0.2, 0.25) is 0 Å². The van der Waals surface area contributed by atoms with Gasteiger partial charge in [-0.3, -0.25) is 9.59 Å². The van der Waals surface area contributed by atoms with Crippen LogP contribution in [0.1, 0.15) is 15.9 Å². The van der Waals surface area contributed by atoms with Gasteiger partial charge in [0.15, 0.2) is 0 Å². The van der Waals surface area contributed by atoms with E-state index in [4.69, 9.17) is 4.74 Å². The number of aryl methyl sites for hydroxylation is 1. The summed E-state index contributed by atoms with van der Waals surface area (Å²) >= 11 is 0. The van der Waals surface area contributed by atoms with E-state index in [0.29, 0.717) is 18.7 Å². The number of rotatable bonds is 2. The van der Waals surface area contributed by atoms with Gasteiger partial charge in [0.1, 0.15) is 0 Å². The zero-order valence-corrected chi connectivity index (χ0v) is 10.5. The number of nitrogens with one attached hydrogen (secondary N) is 1. The minimum absolute atomic E-state index is 0.213. The Morgan fingerprint density at radius 2 is 2.17 bits per heavy atom. The second kappa shape index (κ2) is 5.18. The Hall–Kier alpha value is -1.88. The number of ether oxygens (including phenoxy) is 1. The van der Waals surface area contributed by atoms with Crippen LogP contribution in [0.25, 0.3) is 0 Å². The minimum Gasteiger partial charge on any atom is -0.350 e. The summed E-state index contributed by atoms with van der Waals surface area (Å²) in [5, 5.41) is 2.68. The van der Waals surface area contributed by atoms with E-state index in [-0.39, 0.29) is 11.8 Å². The Morgan fingerprint density at radius 1 is 1.44 bits per heavy atom. The van der Waals surface area contributed by atoms with Crippen LogP contribution in [0.15, 0.2) is 24.3 Å². The maximum Gasteiger partial charge on any atom is 0.270 e. The van der Waals surface area contributed by atoms with E-state index in [1.54, 1.807) is 19.2 Å². The number of hydrogen-bond acceptors (Lipinski definition) is 3. The summed E-state index contributed by atoms with van der Waals surface area (Å²) < 4.78 is 5.33. The molecule has 1 saturated heterocycles. The summed E-state index contributed by atoms with van der Waals surface area (Å²) in [5.74, 6) is -0.485. The van der Waals surface area contributed by atoms with Crippen molar-refractivity contribution < 1.29 is 14.3 Å². The predicted molar refractivity (Wildman–Crippen MR) is 66.0 cm³/mol. The van der Waals surface area contributed by atoms with Crippen LogP contribution in [0.5, 0.6) is 0 Å². The van der Waals surface area contributed by atoms with Crippen LogP contribution in [0.3, 0.4) is 0 Å². The van der Waals surface area contributed by atoms with Crippen molar-refractivity contribution in [3.05, 3.63) is 35.4 Å². The molecule has 0 saturated carbocycles. The highest BCUT2D eigenvalue weighted by Crippen LogP contribution is 2.13. The third-order valence-corrected chi connectivity index (χ3v) is 2.95. The molecule has 0 bridgehead atoms. The molecule has 18 heavy (non-hydrogen) atoms. The second-order valence-electron chi connectivity index (χ2n) is 4.25. The van der Waals surface area contributed by atoms with Gasteiger partial charge in [0, 0.05) is 19.2 Å². The molecule has 1 aliphatic heterocycles. The Labute approximate surface area is 106 Å². The monoisotopic (exact) mass is 248 g/mol. The van der Waals surface area contributed by atoms with Crippen molar-refractivity contribution in [2.45, 2.75) is 13.2 Å². The molecule has 1 heterocycles. The molecule has 2 amide bonds. The SMILES string of the molecule is Cc1ccccc1C(=O)N(C)C1OCCNC1=O. The molecular formula is C13H16N2O3. The summed E-state index contributed by atoms with van der Waals surface area (Å²) in [4.78, 5) is 25.2. The fourth-order valence-electron chi connectivity index (χ4n) is 1.90. The number of hydrogen-bond donors (Lipinski definition) is 1. The maximum absolute atomic E-state index is 12.3. The molecule has 0 aliphatic carbocycles. The average molecular weight is 248 g/mol. The summed E-state index contributed by atoms with van der Waals surface area (Å²) in [6.07, 6.45) is -0.842. The highest BCUT2D eigenvalue weighted by Gasteiger charge is 2.30. The zero-order chi connectivity index (χ0) is 13.1. The highest BCUT2D eigenvalue weighted by molar-refractivity contribution is 5.98. The maximum atomic E-state index is 12.3. The third kappa shape index (κ3) is 2.36. The predicted octanol–water partition coefficient (Wildman–Crippen LogP) is 0.540. The summed E-state index contributed by atoms with van der Waals surface area (Å²) in [6, 6.07) is 7.28. The van der Waals surface area contributed by atoms with Crippen molar-refractivity contribution in [3.63, 3.8) is 0 Å². The number of amides is 2. The molecule has 1 N–H and O–H groups in total. The summed E-state index contributed by atoms with van der Waals surface area (Å²) in [5.41, 5.74) is 1.47. The lowest BCUT2D eigenvalue weighted by Gasteiger charge is -2.30. The Bertz CT molecular complexity index is 473. The van der Waals surface area contributed by atoms with Crippen molar-refractivity contribution in [1.29, 1.82) is 0 Å². The third-order valence-electron chi connectivity index (χ3n) is 2.95. The lowest BCUT2D eigenvalue weighted by molar-refractivity contribution is -0.148. The van der Waals surface area contributed by atoms with Gasteiger partial charge in [-0.25, -0.2) is 0 Å². The van der Waals surface area contributed by atoms with Crippen LogP contribution < -0.4 is 5.32 Å². The van der Waals surface area contributed by atoms with Crippen molar-refractivity contribution in [2.75, 3.05) is 20.2 Å². The Balaban J connectivity index is 2.18. The molecule has 0 radical (unpaired) electrons. The van der Waals surface area contributed by atoms with Crippen LogP contribution in [0.4, 0.5) is 0 Å². The van der Waals surface area contributed by atoms with Crippen LogP contribution >= 0.6 is 0 Å². The van der Waals surface area contributed by atoms with Crippen molar-refractivity contribution >= 4 is 11.8 Å². The van der Waals surface area contributed by atoms with Gasteiger partial charge in [-0.05, 0) is 18.6 Å². The summed E-state index contributed by atoms with van der Waals surface area (Å²) in [6.45, 7) is 2.77. The first-order valence-corrected chi connectivity index (χ1v) is 5.83. The average Bonchev–Trinajstić information content (AvgIpc) is 2.38. The number of nitrogens with zero attached hydrogens (tertiary/aromatic N) is 1. The van der Waals surface area contributed by atoms with Gasteiger partial charge in [0.25, 0.3) is 11.8 Å². The zero-order valence-electron chi connectivity index (χ0n) is 10.5. The largest absolute Gasteiger partial charge is 0.350 e. The standard InChI is InChI=1S/C13H16N2O3/c1-9-5-3-4-6-10(9)12(17)15(2)13-11(16)14-7-8-18-13/h3-6,13H,7-8H2,1-2H3,(H,14,16). The number of carbonyl (C=O) groups excluding carboxylic acids is 2. The molecular weight excluding hydrogens is 232 g/mol. The van der Waals surface area contributed by atoms with Gasteiger partial charge in [-0.15, -0.1) is 0 Å². The van der Waals surface area contributed by atoms with Gasteiger partial charge in [0.2, 0.25) is 6.23 Å². The Morgan fingerprint density at radius 3 is 2.83 bits per heavy atom. The van der Waals surface area contributed by atoms with E-state index in [0.717, 1.165) is 5.56 Å². The molecule has 1 aromatic carbocycles. The van der Waals surface area contributed by atoms with E-state index in [1.807, 2.05) is 19.1 Å². The van der Waals surface area contributed by atoms with Gasteiger partial charge in [-0.2, -0.15) is 0 Å². The van der Waals surface area contributed by atoms with Crippen LogP contribution in [-0.4, -0.2) is 43.1 Å². The molecule has 5 nitrogen and oxygen atoms in total. The number of benzene rings is 1. The molecule has 1 fully saturated rings. The van der Waals surface area contributed by atoms with Crippen molar-refractivity contribution in [3.8, 4) is 0 Å². The molecule has 1 aromatic rings. The van der Waals surface area contributed by atoms with E-state index < -0.39 is 6.23 Å². The van der Waals surface area contributed by atoms with E-state index in [1.165, 1.54) is 4.90 Å². The first-order valence-electron chi connectivity index (χ1n) is 5.83. The minimum atomic E-state index is -0.842. The highest BCUT2D eigenvalue weighted by atomic mass is 16.5. The Kier molecular flexibility index (Phi) is 3.62. The normalized spacial score (nSPS) is 19.2. The lowest BCUT2D eigenvalue weighted by Crippen LogP contribution is -2.53. The van der Waals surface area contributed by atoms with Gasteiger partial charge >= 0.3 is 0 Å². The van der Waals surface area contributed by atoms with Gasteiger partial charge < -0.3 is 15.0 Å². The topological polar surface area (TPSA) is 58.6 Å². The molecule has 0 aromatic heterocycles. The number of carbonyl (C=O) groups is 2. The van der Waals surface area contributed by atoms with Crippen LogP contribution in [0, 0.1) is 6.92 Å². The number of morpholine rings is 1. The lowest BCUT2D eigenvalue weighted by atomic mass is 10.1. The smallest absolute Gasteiger partial charge is 0.270 e. The molecule has 1 aliphatic rings. The quantitative estimate of drug-likeness (QED) is 0.831. The molecule has 1 unspecified atom stereocenters. The second-order valence-corrected chi connectivity index (χ2v) is 4.25. The van der Waals surface area contributed by atoms with E-state index >= 15 is 0 Å². The van der Waals surface area contributed by atoms with Gasteiger partial charge in [-0.1, -0.05) is 18.2 Å². The molecule has 1 atom stereocenters. The van der Waals surface area contributed by atoms with Crippen molar-refractivity contribution in [1.82, 2.24) is 10.2 Å². The molecule has 2 rings (SSSR count). The first-order chi connectivity index (χ1) is 8.61. The van der Waals surface area contributed by atoms with Gasteiger partial charge in [0.05, 0.1) is 6.61 Å². The fourth-order valence-corrected chi connectivity index (χ4v) is 1.90. The van der Waals surface area contributed by atoms with E-state index in [2.05, 4.69) is 5.32 Å². The molecule has 96 valence electrons. The van der Waals surface area contributed by atoms with Crippen LogP contribution in [-0.2, 0) is 9.53 Å². The molecule has 5 heteroatoms. The first kappa shape index (κ1) is 12.6. The number of likely N-dealkylation sites (N-methyl/N-ethyl adjacent to an activating group) is 1. The van der Waals surface area contributed by atoms with Crippen molar-refractivity contribution in [2.24, 2.45) is 0 Å². The van der Waals surface area contributed by atoms with E-state index in [9.17, 15) is 9.59 Å².